The molecule has 0 spiro atoms. The second-order valence-electron chi connectivity index (χ2n) is 3.86. The summed E-state index contributed by atoms with van der Waals surface area (Å²) in [7, 11) is 0. The number of hydrogen-bond acceptors (Lipinski definition) is 3. The predicted octanol–water partition coefficient (Wildman–Crippen LogP) is 2.67. The Balaban J connectivity index is 2.51. The molecule has 4 nitrogen and oxygen atoms in total. The highest BCUT2D eigenvalue weighted by molar-refractivity contribution is 6.31. The van der Waals surface area contributed by atoms with Crippen molar-refractivity contribution in [3.05, 3.63) is 28.8 Å². The number of halogens is 1. The molecule has 0 saturated carbocycles. The summed E-state index contributed by atoms with van der Waals surface area (Å²) in [4.78, 5) is 13.5. The van der Waals surface area contributed by atoms with Crippen molar-refractivity contribution >= 4 is 28.9 Å². The third-order valence-corrected chi connectivity index (χ3v) is 3.09. The molecular formula is C12H13ClN2O2. The summed E-state index contributed by atoms with van der Waals surface area (Å²) in [5.41, 5.74) is 2.07. The van der Waals surface area contributed by atoms with E-state index in [2.05, 4.69) is 5.16 Å². The molecule has 5 heteroatoms. The Hall–Kier alpha value is -1.55. The van der Waals surface area contributed by atoms with Crippen LogP contribution in [-0.4, -0.2) is 23.4 Å². The van der Waals surface area contributed by atoms with E-state index in [-0.39, 0.29) is 5.91 Å². The zero-order valence-corrected chi connectivity index (χ0v) is 10.2. The largest absolute Gasteiger partial charge is 0.411 e. The first kappa shape index (κ1) is 11.9. The number of hydrogen-bond donors (Lipinski definition) is 1. The molecule has 0 aliphatic carbocycles. The first-order valence-corrected chi connectivity index (χ1v) is 5.86. The molecule has 0 fully saturated rings. The lowest BCUT2D eigenvalue weighted by Crippen LogP contribution is -2.37. The first-order valence-electron chi connectivity index (χ1n) is 5.48. The van der Waals surface area contributed by atoms with Crippen LogP contribution in [0, 0.1) is 0 Å². The first-order chi connectivity index (χ1) is 8.17. The average Bonchev–Trinajstić information content (AvgIpc) is 2.36. The van der Waals surface area contributed by atoms with Crippen LogP contribution >= 0.6 is 11.6 Å². The number of carbonyl (C=O) groups is 1. The molecule has 1 aromatic carbocycles. The van der Waals surface area contributed by atoms with Crippen LogP contribution in [0.25, 0.3) is 0 Å². The summed E-state index contributed by atoms with van der Waals surface area (Å²) < 4.78 is 0. The fraction of sp³-hybridized carbons (Fsp3) is 0.333. The number of anilines is 1. The highest BCUT2D eigenvalue weighted by Gasteiger charge is 2.25. The number of carbonyl (C=O) groups excluding carboxylic acids is 1. The van der Waals surface area contributed by atoms with Gasteiger partial charge in [0.1, 0.15) is 0 Å². The van der Waals surface area contributed by atoms with Gasteiger partial charge in [0.15, 0.2) is 0 Å². The molecule has 0 aromatic heterocycles. The number of oxime groups is 1. The van der Waals surface area contributed by atoms with Crippen molar-refractivity contribution in [2.24, 2.45) is 5.16 Å². The third-order valence-electron chi connectivity index (χ3n) is 2.86. The van der Waals surface area contributed by atoms with Crippen LogP contribution in [0.2, 0.25) is 5.02 Å². The zero-order chi connectivity index (χ0) is 12.4. The maximum Gasteiger partial charge on any atom is 0.226 e. The van der Waals surface area contributed by atoms with Gasteiger partial charge in [0.2, 0.25) is 5.91 Å². The van der Waals surface area contributed by atoms with Gasteiger partial charge in [-0.2, -0.15) is 0 Å². The topological polar surface area (TPSA) is 52.9 Å². The minimum absolute atomic E-state index is 0.0607. The number of fused-ring (bicyclic) bond motifs is 1. The van der Waals surface area contributed by atoms with E-state index in [0.29, 0.717) is 30.1 Å². The summed E-state index contributed by atoms with van der Waals surface area (Å²) >= 11 is 5.92. The zero-order valence-electron chi connectivity index (χ0n) is 9.48. The van der Waals surface area contributed by atoms with Gasteiger partial charge in [-0.25, -0.2) is 0 Å². The van der Waals surface area contributed by atoms with E-state index in [1.807, 2.05) is 6.92 Å². The molecule has 0 unspecified atom stereocenters. The quantitative estimate of drug-likeness (QED) is 0.617. The van der Waals surface area contributed by atoms with Crippen molar-refractivity contribution in [2.75, 3.05) is 11.4 Å². The molecule has 1 heterocycles. The molecule has 1 amide bonds. The molecule has 1 aliphatic rings. The van der Waals surface area contributed by atoms with Crippen LogP contribution < -0.4 is 4.90 Å². The predicted molar refractivity (Wildman–Crippen MR) is 67.0 cm³/mol. The fourth-order valence-corrected chi connectivity index (χ4v) is 2.17. The lowest BCUT2D eigenvalue weighted by molar-refractivity contribution is -0.118. The van der Waals surface area contributed by atoms with E-state index in [1.165, 1.54) is 0 Å². The maximum absolute atomic E-state index is 11.8. The Morgan fingerprint density at radius 1 is 1.59 bits per heavy atom. The normalized spacial score (nSPS) is 17.1. The van der Waals surface area contributed by atoms with E-state index >= 15 is 0 Å². The van der Waals surface area contributed by atoms with Gasteiger partial charge >= 0.3 is 0 Å². The van der Waals surface area contributed by atoms with E-state index in [1.54, 1.807) is 23.1 Å². The molecule has 1 N–H and O–H groups in total. The SMILES string of the molecule is CCC(=O)N1CCC(=NO)c2cc(Cl)ccc21. The second-order valence-corrected chi connectivity index (χ2v) is 4.29. The van der Waals surface area contributed by atoms with Crippen LogP contribution in [0.1, 0.15) is 25.3 Å². The Bertz CT molecular complexity index is 485. The fourth-order valence-electron chi connectivity index (χ4n) is 2.00. The molecule has 0 bridgehead atoms. The van der Waals surface area contributed by atoms with Crippen molar-refractivity contribution in [1.82, 2.24) is 0 Å². The molecule has 0 radical (unpaired) electrons. The van der Waals surface area contributed by atoms with Crippen molar-refractivity contribution in [3.8, 4) is 0 Å². The molecular weight excluding hydrogens is 240 g/mol. The molecule has 2 rings (SSSR count). The molecule has 0 saturated heterocycles. The highest BCUT2D eigenvalue weighted by atomic mass is 35.5. The Labute approximate surface area is 104 Å². The summed E-state index contributed by atoms with van der Waals surface area (Å²) in [5, 5.41) is 12.8. The summed E-state index contributed by atoms with van der Waals surface area (Å²) in [6, 6.07) is 5.24. The average molecular weight is 253 g/mol. The van der Waals surface area contributed by atoms with Crippen molar-refractivity contribution < 1.29 is 10.0 Å². The minimum atomic E-state index is 0.0607. The van der Waals surface area contributed by atoms with Gasteiger partial charge < -0.3 is 10.1 Å². The van der Waals surface area contributed by atoms with Gasteiger partial charge in [-0.05, 0) is 18.2 Å². The van der Waals surface area contributed by atoms with Crippen LogP contribution in [0.5, 0.6) is 0 Å². The molecule has 17 heavy (non-hydrogen) atoms. The molecule has 90 valence electrons. The van der Waals surface area contributed by atoms with Gasteiger partial charge in [0, 0.05) is 30.0 Å². The third kappa shape index (κ3) is 2.13. The summed E-state index contributed by atoms with van der Waals surface area (Å²) in [5.74, 6) is 0.0607. The minimum Gasteiger partial charge on any atom is -0.411 e. The van der Waals surface area contributed by atoms with Crippen LogP contribution in [0.15, 0.2) is 23.4 Å². The van der Waals surface area contributed by atoms with Crippen molar-refractivity contribution in [3.63, 3.8) is 0 Å². The maximum atomic E-state index is 11.8. The van der Waals surface area contributed by atoms with Crippen molar-refractivity contribution in [2.45, 2.75) is 19.8 Å². The number of nitrogens with zero attached hydrogens (tertiary/aromatic N) is 2. The standard InChI is InChI=1S/C12H13ClN2O2/c1-2-12(16)15-6-5-10(14-17)9-7-8(13)3-4-11(9)15/h3-4,7,17H,2,5-6H2,1H3. The number of amides is 1. The van der Waals surface area contributed by atoms with Gasteiger partial charge in [0.25, 0.3) is 0 Å². The van der Waals surface area contributed by atoms with Crippen LogP contribution in [0.3, 0.4) is 0 Å². The Kier molecular flexibility index (Phi) is 3.33. The van der Waals surface area contributed by atoms with E-state index in [9.17, 15) is 4.79 Å². The van der Waals surface area contributed by atoms with Gasteiger partial charge in [0.05, 0.1) is 11.4 Å². The second kappa shape index (κ2) is 4.75. The Morgan fingerprint density at radius 3 is 3.00 bits per heavy atom. The summed E-state index contributed by atoms with van der Waals surface area (Å²) in [6.07, 6.45) is 0.989. The lowest BCUT2D eigenvalue weighted by atomic mass is 9.99. The number of benzene rings is 1. The molecule has 1 aromatic rings. The van der Waals surface area contributed by atoms with E-state index < -0.39 is 0 Å². The van der Waals surface area contributed by atoms with E-state index in [4.69, 9.17) is 16.8 Å². The van der Waals surface area contributed by atoms with Gasteiger partial charge in [-0.1, -0.05) is 23.7 Å². The molecule has 1 aliphatic heterocycles. The Morgan fingerprint density at radius 2 is 2.35 bits per heavy atom. The van der Waals surface area contributed by atoms with Crippen LogP contribution in [0.4, 0.5) is 5.69 Å². The number of rotatable bonds is 1. The van der Waals surface area contributed by atoms with Crippen molar-refractivity contribution in [1.29, 1.82) is 0 Å². The van der Waals surface area contributed by atoms with Gasteiger partial charge in [-0.3, -0.25) is 4.79 Å². The highest BCUT2D eigenvalue weighted by Crippen LogP contribution is 2.30. The van der Waals surface area contributed by atoms with Gasteiger partial charge in [-0.15, -0.1) is 0 Å². The smallest absolute Gasteiger partial charge is 0.226 e. The van der Waals surface area contributed by atoms with E-state index in [0.717, 1.165) is 11.3 Å². The van der Waals surface area contributed by atoms with Crippen LogP contribution in [-0.2, 0) is 4.79 Å². The molecule has 0 atom stereocenters. The monoisotopic (exact) mass is 252 g/mol. The lowest BCUT2D eigenvalue weighted by Gasteiger charge is -2.29. The summed E-state index contributed by atoms with van der Waals surface area (Å²) in [6.45, 7) is 2.37.